The van der Waals surface area contributed by atoms with Crippen molar-refractivity contribution in [3.05, 3.63) is 54.1 Å². The summed E-state index contributed by atoms with van der Waals surface area (Å²) in [6, 6.07) is 14.7. The molecule has 1 fully saturated rings. The molecule has 1 atom stereocenters. The molecule has 28 heavy (non-hydrogen) atoms. The third-order valence-corrected chi connectivity index (χ3v) is 4.74. The number of carbonyl (C=O) groups is 2. The number of rotatable bonds is 6. The fourth-order valence-electron chi connectivity index (χ4n) is 3.26. The topological polar surface area (TPSA) is 71.1 Å². The van der Waals surface area contributed by atoms with Crippen LogP contribution < -0.4 is 19.7 Å². The number of urea groups is 1. The van der Waals surface area contributed by atoms with Crippen LogP contribution >= 0.6 is 0 Å². The molecule has 0 radical (unpaired) electrons. The van der Waals surface area contributed by atoms with Gasteiger partial charge in [-0.15, -0.1) is 0 Å². The summed E-state index contributed by atoms with van der Waals surface area (Å²) in [6.45, 7) is 0.923. The maximum atomic E-state index is 12.5. The van der Waals surface area contributed by atoms with E-state index in [1.807, 2.05) is 36.4 Å². The van der Waals surface area contributed by atoms with Crippen LogP contribution in [0.3, 0.4) is 0 Å². The van der Waals surface area contributed by atoms with Crippen LogP contribution in [-0.2, 0) is 11.3 Å². The second kappa shape index (κ2) is 8.65. The van der Waals surface area contributed by atoms with Crippen LogP contribution in [0, 0.1) is 0 Å². The number of ether oxygens (including phenoxy) is 2. The summed E-state index contributed by atoms with van der Waals surface area (Å²) in [5.41, 5.74) is 1.77. The predicted octanol–water partition coefficient (Wildman–Crippen LogP) is 2.65. The van der Waals surface area contributed by atoms with Crippen molar-refractivity contribution >= 4 is 17.6 Å². The molecule has 1 aliphatic rings. The van der Waals surface area contributed by atoms with Crippen LogP contribution in [0.1, 0.15) is 12.0 Å². The largest absolute Gasteiger partial charge is 0.493 e. The molecule has 0 saturated carbocycles. The fraction of sp³-hybridized carbons (Fsp3) is 0.333. The van der Waals surface area contributed by atoms with Gasteiger partial charge in [-0.3, -0.25) is 4.79 Å². The van der Waals surface area contributed by atoms with E-state index >= 15 is 0 Å². The number of nitrogens with zero attached hydrogens (tertiary/aromatic N) is 2. The van der Waals surface area contributed by atoms with E-state index in [-0.39, 0.29) is 24.4 Å². The van der Waals surface area contributed by atoms with Gasteiger partial charge < -0.3 is 24.6 Å². The molecule has 0 aliphatic carbocycles. The first-order valence-electron chi connectivity index (χ1n) is 9.09. The van der Waals surface area contributed by atoms with Crippen molar-refractivity contribution in [2.24, 2.45) is 0 Å². The maximum absolute atomic E-state index is 12.5. The Kier molecular flexibility index (Phi) is 6.03. The normalized spacial score (nSPS) is 16.0. The number of hydrogen-bond donors (Lipinski definition) is 1. The Morgan fingerprint density at radius 2 is 1.86 bits per heavy atom. The highest BCUT2D eigenvalue weighted by molar-refractivity contribution is 5.97. The molecule has 7 heteroatoms. The Labute approximate surface area is 164 Å². The van der Waals surface area contributed by atoms with E-state index in [0.29, 0.717) is 24.6 Å². The highest BCUT2D eigenvalue weighted by atomic mass is 16.5. The molecule has 3 rings (SSSR count). The number of hydrogen-bond acceptors (Lipinski definition) is 4. The van der Waals surface area contributed by atoms with E-state index in [0.717, 1.165) is 11.3 Å². The van der Waals surface area contributed by atoms with Crippen LogP contribution in [-0.4, -0.2) is 50.7 Å². The number of anilines is 1. The minimum Gasteiger partial charge on any atom is -0.493 e. The second-order valence-corrected chi connectivity index (χ2v) is 6.74. The van der Waals surface area contributed by atoms with E-state index in [4.69, 9.17) is 9.47 Å². The van der Waals surface area contributed by atoms with Crippen molar-refractivity contribution in [1.29, 1.82) is 0 Å². The molecule has 0 unspecified atom stereocenters. The van der Waals surface area contributed by atoms with Gasteiger partial charge in [-0.2, -0.15) is 0 Å². The SMILES string of the molecule is COc1ccc(N2C[C@@H](NC(=O)N(C)Cc3ccccc3)CC2=O)cc1OC. The zero-order valence-electron chi connectivity index (χ0n) is 16.3. The number of nitrogens with one attached hydrogen (secondary N) is 1. The molecule has 7 nitrogen and oxygen atoms in total. The molecule has 0 aromatic heterocycles. The van der Waals surface area contributed by atoms with Gasteiger partial charge in [0.2, 0.25) is 5.91 Å². The smallest absolute Gasteiger partial charge is 0.317 e. The van der Waals surface area contributed by atoms with E-state index in [9.17, 15) is 9.59 Å². The van der Waals surface area contributed by atoms with Crippen LogP contribution in [0.5, 0.6) is 11.5 Å². The molecule has 1 N–H and O–H groups in total. The minimum absolute atomic E-state index is 0.0387. The molecule has 148 valence electrons. The highest BCUT2D eigenvalue weighted by Crippen LogP contribution is 2.33. The van der Waals surface area contributed by atoms with Gasteiger partial charge in [-0.25, -0.2) is 4.79 Å². The lowest BCUT2D eigenvalue weighted by Crippen LogP contribution is -2.43. The molecule has 2 aromatic carbocycles. The summed E-state index contributed by atoms with van der Waals surface area (Å²) in [7, 11) is 4.86. The van der Waals surface area contributed by atoms with Crippen molar-refractivity contribution in [1.82, 2.24) is 10.2 Å². The van der Waals surface area contributed by atoms with Crippen molar-refractivity contribution in [2.45, 2.75) is 19.0 Å². The summed E-state index contributed by atoms with van der Waals surface area (Å²) >= 11 is 0. The minimum atomic E-state index is -0.244. The van der Waals surface area contributed by atoms with Crippen LogP contribution in [0.15, 0.2) is 48.5 Å². The van der Waals surface area contributed by atoms with Crippen LogP contribution in [0.4, 0.5) is 10.5 Å². The molecule has 1 aliphatic heterocycles. The Morgan fingerprint density at radius 1 is 1.14 bits per heavy atom. The third kappa shape index (κ3) is 4.36. The Balaban J connectivity index is 1.62. The average Bonchev–Trinajstić information content (AvgIpc) is 3.08. The lowest BCUT2D eigenvalue weighted by atomic mass is 10.2. The number of methoxy groups -OCH3 is 2. The fourth-order valence-corrected chi connectivity index (χ4v) is 3.26. The summed E-state index contributed by atoms with van der Waals surface area (Å²) in [5.74, 6) is 1.12. The van der Waals surface area contributed by atoms with Crippen LogP contribution in [0.2, 0.25) is 0 Å². The van der Waals surface area contributed by atoms with Crippen molar-refractivity contribution < 1.29 is 19.1 Å². The predicted molar refractivity (Wildman–Crippen MR) is 107 cm³/mol. The molecule has 1 saturated heterocycles. The summed E-state index contributed by atoms with van der Waals surface area (Å²) in [4.78, 5) is 28.2. The first-order chi connectivity index (χ1) is 13.5. The van der Waals surface area contributed by atoms with E-state index < -0.39 is 0 Å². The first kappa shape index (κ1) is 19.5. The third-order valence-electron chi connectivity index (χ3n) is 4.74. The molecule has 1 heterocycles. The van der Waals surface area contributed by atoms with Gasteiger partial charge in [0.1, 0.15) is 0 Å². The zero-order chi connectivity index (χ0) is 20.1. The van der Waals surface area contributed by atoms with Crippen molar-refractivity contribution in [2.75, 3.05) is 32.7 Å². The van der Waals surface area contributed by atoms with Crippen molar-refractivity contribution in [3.8, 4) is 11.5 Å². The first-order valence-corrected chi connectivity index (χ1v) is 9.09. The molecule has 0 bridgehead atoms. The number of amides is 3. The van der Waals surface area contributed by atoms with E-state index in [1.54, 1.807) is 43.2 Å². The molecular formula is C21H25N3O4. The average molecular weight is 383 g/mol. The molecule has 3 amide bonds. The summed E-state index contributed by atoms with van der Waals surface area (Å²) in [6.07, 6.45) is 0.263. The maximum Gasteiger partial charge on any atom is 0.317 e. The van der Waals surface area contributed by atoms with E-state index in [1.165, 1.54) is 0 Å². The monoisotopic (exact) mass is 383 g/mol. The summed E-state index contributed by atoms with van der Waals surface area (Å²) < 4.78 is 10.6. The van der Waals surface area contributed by atoms with Gasteiger partial charge in [0, 0.05) is 38.3 Å². The highest BCUT2D eigenvalue weighted by Gasteiger charge is 2.32. The van der Waals surface area contributed by atoms with Gasteiger partial charge >= 0.3 is 6.03 Å². The van der Waals surface area contributed by atoms with Gasteiger partial charge in [-0.1, -0.05) is 30.3 Å². The van der Waals surface area contributed by atoms with E-state index in [2.05, 4.69) is 5.32 Å². The number of carbonyl (C=O) groups excluding carboxylic acids is 2. The van der Waals surface area contributed by atoms with Crippen molar-refractivity contribution in [3.63, 3.8) is 0 Å². The lowest BCUT2D eigenvalue weighted by molar-refractivity contribution is -0.117. The zero-order valence-corrected chi connectivity index (χ0v) is 16.3. The summed E-state index contributed by atoms with van der Waals surface area (Å²) in [5, 5.41) is 2.95. The second-order valence-electron chi connectivity index (χ2n) is 6.74. The lowest BCUT2D eigenvalue weighted by Gasteiger charge is -2.22. The van der Waals surface area contributed by atoms with Gasteiger partial charge in [0.25, 0.3) is 0 Å². The Morgan fingerprint density at radius 3 is 2.54 bits per heavy atom. The molecular weight excluding hydrogens is 358 g/mol. The Hall–Kier alpha value is -3.22. The molecule has 0 spiro atoms. The van der Waals surface area contributed by atoms with Crippen LogP contribution in [0.25, 0.3) is 0 Å². The van der Waals surface area contributed by atoms with Gasteiger partial charge in [0.05, 0.1) is 20.3 Å². The standard InChI is InChI=1S/C21H25N3O4/c1-23(13-15-7-5-4-6-8-15)21(26)22-16-11-20(25)24(14-16)17-9-10-18(27-2)19(12-17)28-3/h4-10,12,16H,11,13-14H2,1-3H3,(H,22,26)/t16-/m0/s1. The molecule has 2 aromatic rings. The quantitative estimate of drug-likeness (QED) is 0.833. The van der Waals surface area contributed by atoms with Gasteiger partial charge in [-0.05, 0) is 17.7 Å². The van der Waals surface area contributed by atoms with Gasteiger partial charge in [0.15, 0.2) is 11.5 Å². The number of benzene rings is 2. The Bertz CT molecular complexity index is 841.